The summed E-state index contributed by atoms with van der Waals surface area (Å²) in [4.78, 5) is 0. The molecule has 58 valence electrons. The van der Waals surface area contributed by atoms with Crippen LogP contribution in [0, 0.1) is 5.41 Å². The molecule has 2 N–H and O–H groups in total. The minimum absolute atomic E-state index is 0.0498. The zero-order valence-corrected chi connectivity index (χ0v) is 6.40. The second-order valence-corrected chi connectivity index (χ2v) is 4.18. The first kappa shape index (κ1) is 7.33. The molecule has 0 aromatic carbocycles. The number of nitrogens with one attached hydrogen (secondary N) is 2. The quantitative estimate of drug-likeness (QED) is 0.470. The zero-order valence-electron chi connectivity index (χ0n) is 5.59. The summed E-state index contributed by atoms with van der Waals surface area (Å²) in [7, 11) is -1.80. The topological polar surface area (TPSA) is 73.3 Å². The Bertz CT molecular complexity index is 245. The van der Waals surface area contributed by atoms with Gasteiger partial charge >= 0.3 is 0 Å². The van der Waals surface area contributed by atoms with Gasteiger partial charge in [-0.3, -0.25) is 5.41 Å². The number of sulfonamides is 1. The van der Waals surface area contributed by atoms with Gasteiger partial charge in [0.05, 0.1) is 5.75 Å². The Balaban J connectivity index is 2.91. The summed E-state index contributed by atoms with van der Waals surface area (Å²) < 4.78 is 22.8. The zero-order chi connectivity index (χ0) is 7.78. The number of rotatable bonds is 0. The second-order valence-electron chi connectivity index (χ2n) is 2.06. The number of hydrogen-bond donors (Lipinski definition) is 2. The molecule has 0 aromatic heterocycles. The van der Waals surface area contributed by atoms with Crippen LogP contribution >= 0.6 is 0 Å². The van der Waals surface area contributed by atoms with Crippen LogP contribution in [0.2, 0.25) is 0 Å². The Kier molecular flexibility index (Phi) is 1.55. The molecule has 0 bridgehead atoms. The van der Waals surface area contributed by atoms with E-state index in [2.05, 4.69) is 5.32 Å². The molecule has 5 nitrogen and oxygen atoms in total. The van der Waals surface area contributed by atoms with Gasteiger partial charge in [0.1, 0.15) is 0 Å². The van der Waals surface area contributed by atoms with Crippen molar-refractivity contribution in [3.05, 3.63) is 0 Å². The molecule has 6 heteroatoms. The number of hydrogen-bond acceptors (Lipinski definition) is 3. The van der Waals surface area contributed by atoms with Crippen molar-refractivity contribution in [1.29, 1.82) is 5.41 Å². The van der Waals surface area contributed by atoms with E-state index in [0.29, 0.717) is 6.54 Å². The van der Waals surface area contributed by atoms with E-state index in [0.717, 1.165) is 4.31 Å². The number of guanidine groups is 1. The van der Waals surface area contributed by atoms with Crippen LogP contribution in [0.3, 0.4) is 0 Å². The summed E-state index contributed by atoms with van der Waals surface area (Å²) >= 11 is 0. The monoisotopic (exact) mass is 163 g/mol. The van der Waals surface area contributed by atoms with Crippen molar-refractivity contribution in [2.75, 3.05) is 19.3 Å². The predicted octanol–water partition coefficient (Wildman–Crippen LogP) is -1.21. The highest BCUT2D eigenvalue weighted by Crippen LogP contribution is 2.00. The van der Waals surface area contributed by atoms with Gasteiger partial charge < -0.3 is 5.32 Å². The van der Waals surface area contributed by atoms with Crippen molar-refractivity contribution in [3.63, 3.8) is 0 Å². The third kappa shape index (κ3) is 1.06. The van der Waals surface area contributed by atoms with E-state index in [9.17, 15) is 8.42 Å². The van der Waals surface area contributed by atoms with Gasteiger partial charge in [-0.05, 0) is 0 Å². The molecule has 0 atom stereocenters. The van der Waals surface area contributed by atoms with E-state index < -0.39 is 10.0 Å². The lowest BCUT2D eigenvalue weighted by molar-refractivity contribution is 0.532. The van der Waals surface area contributed by atoms with Gasteiger partial charge in [0.2, 0.25) is 16.0 Å². The van der Waals surface area contributed by atoms with Crippen molar-refractivity contribution < 1.29 is 8.42 Å². The van der Waals surface area contributed by atoms with Crippen molar-refractivity contribution in [2.45, 2.75) is 0 Å². The lowest BCUT2D eigenvalue weighted by Crippen LogP contribution is -2.50. The summed E-state index contributed by atoms with van der Waals surface area (Å²) in [6.07, 6.45) is 0. The largest absolute Gasteiger partial charge is 0.355 e. The van der Waals surface area contributed by atoms with Crippen molar-refractivity contribution >= 4 is 16.0 Å². The van der Waals surface area contributed by atoms with Crippen LogP contribution in [0.5, 0.6) is 0 Å². The molecule has 1 heterocycles. The molecular weight excluding hydrogens is 154 g/mol. The Morgan fingerprint density at radius 2 is 2.30 bits per heavy atom. The summed E-state index contributed by atoms with van der Waals surface area (Å²) in [6.45, 7) is 0.339. The molecule has 0 aromatic rings. The molecule has 0 aliphatic carbocycles. The third-order valence-electron chi connectivity index (χ3n) is 1.38. The molecule has 0 amide bonds. The van der Waals surface area contributed by atoms with Crippen molar-refractivity contribution in [1.82, 2.24) is 9.62 Å². The standard InChI is InChI=1S/C4H9N3O2S/c1-7-4(5)6-2-3-10(7,8)9/h2-3H2,1H3,(H2,5,6). The van der Waals surface area contributed by atoms with Crippen LogP contribution in [0.15, 0.2) is 0 Å². The second kappa shape index (κ2) is 2.12. The van der Waals surface area contributed by atoms with Gasteiger partial charge in [-0.1, -0.05) is 0 Å². The molecule has 0 spiro atoms. The van der Waals surface area contributed by atoms with Gasteiger partial charge in [0.25, 0.3) is 0 Å². The van der Waals surface area contributed by atoms with E-state index in [1.807, 2.05) is 0 Å². The number of nitrogens with zero attached hydrogens (tertiary/aromatic N) is 1. The van der Waals surface area contributed by atoms with E-state index >= 15 is 0 Å². The van der Waals surface area contributed by atoms with Crippen molar-refractivity contribution in [2.24, 2.45) is 0 Å². The van der Waals surface area contributed by atoms with E-state index in [4.69, 9.17) is 5.41 Å². The summed E-state index contributed by atoms with van der Waals surface area (Å²) in [5.41, 5.74) is 0. The van der Waals surface area contributed by atoms with E-state index in [-0.39, 0.29) is 11.7 Å². The van der Waals surface area contributed by atoms with Gasteiger partial charge in [-0.25, -0.2) is 12.7 Å². The Labute approximate surface area is 59.6 Å². The minimum Gasteiger partial charge on any atom is -0.355 e. The van der Waals surface area contributed by atoms with Gasteiger partial charge in [0, 0.05) is 13.6 Å². The maximum atomic E-state index is 10.9. The molecule has 1 rings (SSSR count). The first-order valence-corrected chi connectivity index (χ1v) is 4.44. The molecular formula is C4H9N3O2S. The van der Waals surface area contributed by atoms with Crippen LogP contribution in [0.25, 0.3) is 0 Å². The Morgan fingerprint density at radius 1 is 1.70 bits per heavy atom. The van der Waals surface area contributed by atoms with E-state index in [1.165, 1.54) is 7.05 Å². The maximum Gasteiger partial charge on any atom is 0.238 e. The predicted molar refractivity (Wildman–Crippen MR) is 37.3 cm³/mol. The van der Waals surface area contributed by atoms with Gasteiger partial charge in [0.15, 0.2) is 0 Å². The van der Waals surface area contributed by atoms with Crippen LogP contribution in [-0.2, 0) is 10.0 Å². The van der Waals surface area contributed by atoms with Crippen LogP contribution in [0.1, 0.15) is 0 Å². The van der Waals surface area contributed by atoms with E-state index in [1.54, 1.807) is 0 Å². The fourth-order valence-electron chi connectivity index (χ4n) is 0.686. The molecule has 0 saturated carbocycles. The summed E-state index contributed by atoms with van der Waals surface area (Å²) in [5, 5.41) is 9.70. The highest BCUT2D eigenvalue weighted by atomic mass is 32.2. The maximum absolute atomic E-state index is 10.9. The minimum atomic E-state index is -3.16. The van der Waals surface area contributed by atoms with Gasteiger partial charge in [-0.2, -0.15) is 0 Å². The Hall–Kier alpha value is -0.780. The van der Waals surface area contributed by atoms with Crippen molar-refractivity contribution in [3.8, 4) is 0 Å². The molecule has 1 aliphatic rings. The summed E-state index contributed by atoms with van der Waals surface area (Å²) in [5.74, 6) is 0.0255. The third-order valence-corrected chi connectivity index (χ3v) is 3.12. The molecule has 1 aliphatic heterocycles. The first-order chi connectivity index (χ1) is 4.54. The SMILES string of the molecule is CN1C(=N)NCCS1(=O)=O. The van der Waals surface area contributed by atoms with Crippen LogP contribution in [0.4, 0.5) is 0 Å². The highest BCUT2D eigenvalue weighted by molar-refractivity contribution is 7.89. The lowest BCUT2D eigenvalue weighted by atomic mass is 10.7. The van der Waals surface area contributed by atoms with Gasteiger partial charge in [-0.15, -0.1) is 0 Å². The molecule has 1 saturated heterocycles. The normalized spacial score (nSPS) is 24.1. The first-order valence-electron chi connectivity index (χ1n) is 2.83. The van der Waals surface area contributed by atoms with Crippen LogP contribution < -0.4 is 5.32 Å². The average molecular weight is 163 g/mol. The molecule has 0 unspecified atom stereocenters. The highest BCUT2D eigenvalue weighted by Gasteiger charge is 2.24. The molecule has 0 radical (unpaired) electrons. The lowest BCUT2D eigenvalue weighted by Gasteiger charge is -2.25. The fraction of sp³-hybridized carbons (Fsp3) is 0.750. The average Bonchev–Trinajstić information content (AvgIpc) is 1.83. The smallest absolute Gasteiger partial charge is 0.238 e. The van der Waals surface area contributed by atoms with Crippen LogP contribution in [-0.4, -0.2) is 38.0 Å². The Morgan fingerprint density at radius 3 is 2.70 bits per heavy atom. The fourth-order valence-corrected chi connectivity index (χ4v) is 1.66. The molecule has 10 heavy (non-hydrogen) atoms. The molecule has 1 fully saturated rings. The summed E-state index contributed by atoms with van der Waals surface area (Å²) in [6, 6.07) is 0.